The molecular formula is C15H23FN2. The number of benzene rings is 1. The van der Waals surface area contributed by atoms with Crippen molar-refractivity contribution in [3.8, 4) is 0 Å². The number of nitrogens with one attached hydrogen (secondary N) is 1. The van der Waals surface area contributed by atoms with Gasteiger partial charge in [0.2, 0.25) is 0 Å². The van der Waals surface area contributed by atoms with E-state index in [1.165, 1.54) is 25.0 Å². The van der Waals surface area contributed by atoms with Crippen molar-refractivity contribution < 1.29 is 4.39 Å². The number of hydrogen-bond acceptors (Lipinski definition) is 2. The largest absolute Gasteiger partial charge is 0.373 e. The van der Waals surface area contributed by atoms with Crippen molar-refractivity contribution in [3.05, 3.63) is 30.1 Å². The molecule has 0 spiro atoms. The van der Waals surface area contributed by atoms with Gasteiger partial charge in [-0.15, -0.1) is 0 Å². The monoisotopic (exact) mass is 250 g/mol. The first-order valence-electron chi connectivity index (χ1n) is 6.69. The number of hydrogen-bond donors (Lipinski definition) is 1. The minimum Gasteiger partial charge on any atom is -0.373 e. The van der Waals surface area contributed by atoms with Crippen molar-refractivity contribution in [2.75, 3.05) is 25.0 Å². The number of likely N-dealkylation sites (N-methyl/N-ethyl adjacent to an activating group) is 1. The van der Waals surface area contributed by atoms with Gasteiger partial charge in [0.25, 0.3) is 0 Å². The number of nitrogens with zero attached hydrogens (tertiary/aromatic N) is 1. The standard InChI is InChI=1S/C15H23FN2/c1-15(2)9-4-10-17-14(15)11-18(3)13-7-5-12(16)6-8-13/h5-8,14,17H,4,9-11H2,1-3H3. The van der Waals surface area contributed by atoms with Gasteiger partial charge in [-0.05, 0) is 49.1 Å². The maximum absolute atomic E-state index is 12.9. The van der Waals surface area contributed by atoms with Crippen LogP contribution in [0.5, 0.6) is 0 Å². The van der Waals surface area contributed by atoms with Crippen LogP contribution in [0.4, 0.5) is 10.1 Å². The van der Waals surface area contributed by atoms with E-state index < -0.39 is 0 Å². The summed E-state index contributed by atoms with van der Waals surface area (Å²) < 4.78 is 12.9. The smallest absolute Gasteiger partial charge is 0.123 e. The predicted molar refractivity (Wildman–Crippen MR) is 74.5 cm³/mol. The van der Waals surface area contributed by atoms with Crippen molar-refractivity contribution in [3.63, 3.8) is 0 Å². The fraction of sp³-hybridized carbons (Fsp3) is 0.600. The Morgan fingerprint density at radius 1 is 1.33 bits per heavy atom. The van der Waals surface area contributed by atoms with Crippen LogP contribution in [0.2, 0.25) is 0 Å². The first-order valence-corrected chi connectivity index (χ1v) is 6.69. The van der Waals surface area contributed by atoms with Gasteiger partial charge in [-0.3, -0.25) is 0 Å². The molecule has 1 aromatic rings. The number of piperidine rings is 1. The summed E-state index contributed by atoms with van der Waals surface area (Å²) in [5.74, 6) is -0.178. The summed E-state index contributed by atoms with van der Waals surface area (Å²) in [4.78, 5) is 2.20. The van der Waals surface area contributed by atoms with E-state index in [0.29, 0.717) is 11.5 Å². The van der Waals surface area contributed by atoms with Crippen molar-refractivity contribution in [1.82, 2.24) is 5.32 Å². The van der Waals surface area contributed by atoms with Crippen LogP contribution in [0.25, 0.3) is 0 Å². The number of rotatable bonds is 3. The molecule has 2 rings (SSSR count). The van der Waals surface area contributed by atoms with Gasteiger partial charge in [-0.2, -0.15) is 0 Å². The lowest BCUT2D eigenvalue weighted by Crippen LogP contribution is -2.52. The van der Waals surface area contributed by atoms with Crippen LogP contribution in [-0.2, 0) is 0 Å². The summed E-state index contributed by atoms with van der Waals surface area (Å²) in [5.41, 5.74) is 1.39. The zero-order valence-electron chi connectivity index (χ0n) is 11.5. The second kappa shape index (κ2) is 5.27. The Morgan fingerprint density at radius 2 is 2.00 bits per heavy atom. The summed E-state index contributed by atoms with van der Waals surface area (Å²) in [7, 11) is 2.07. The summed E-state index contributed by atoms with van der Waals surface area (Å²) in [5, 5.41) is 3.61. The maximum atomic E-state index is 12.9. The molecule has 0 amide bonds. The lowest BCUT2D eigenvalue weighted by molar-refractivity contribution is 0.184. The Kier molecular flexibility index (Phi) is 3.91. The Labute approximate surface area is 109 Å². The second-order valence-corrected chi connectivity index (χ2v) is 5.96. The molecule has 0 radical (unpaired) electrons. The molecule has 1 aromatic carbocycles. The second-order valence-electron chi connectivity index (χ2n) is 5.96. The molecule has 18 heavy (non-hydrogen) atoms. The molecule has 2 nitrogen and oxygen atoms in total. The van der Waals surface area contributed by atoms with Crippen molar-refractivity contribution in [2.45, 2.75) is 32.7 Å². The van der Waals surface area contributed by atoms with Crippen LogP contribution in [0, 0.1) is 11.2 Å². The topological polar surface area (TPSA) is 15.3 Å². The lowest BCUT2D eigenvalue weighted by Gasteiger charge is -2.41. The third kappa shape index (κ3) is 3.02. The van der Waals surface area contributed by atoms with Crippen LogP contribution in [-0.4, -0.2) is 26.2 Å². The molecule has 100 valence electrons. The number of halogens is 1. The Bertz CT molecular complexity index is 386. The van der Waals surface area contributed by atoms with Crippen molar-refractivity contribution >= 4 is 5.69 Å². The Balaban J connectivity index is 2.02. The summed E-state index contributed by atoms with van der Waals surface area (Å²) in [6.45, 7) is 6.70. The molecule has 1 unspecified atom stereocenters. The molecular weight excluding hydrogens is 227 g/mol. The average Bonchev–Trinajstić information content (AvgIpc) is 2.32. The van der Waals surface area contributed by atoms with Gasteiger partial charge in [0.15, 0.2) is 0 Å². The minimum absolute atomic E-state index is 0.178. The fourth-order valence-corrected chi connectivity index (χ4v) is 2.66. The molecule has 0 aliphatic carbocycles. The van der Waals surface area contributed by atoms with Gasteiger partial charge in [0, 0.05) is 25.3 Å². The van der Waals surface area contributed by atoms with Crippen LogP contribution in [0.3, 0.4) is 0 Å². The Morgan fingerprint density at radius 3 is 2.61 bits per heavy atom. The molecule has 3 heteroatoms. The minimum atomic E-state index is -0.178. The first kappa shape index (κ1) is 13.3. The van der Waals surface area contributed by atoms with E-state index in [9.17, 15) is 4.39 Å². The van der Waals surface area contributed by atoms with Gasteiger partial charge >= 0.3 is 0 Å². The Hall–Kier alpha value is -1.09. The summed E-state index contributed by atoms with van der Waals surface area (Å²) in [6, 6.07) is 7.20. The van der Waals surface area contributed by atoms with Gasteiger partial charge < -0.3 is 10.2 Å². The molecule has 1 atom stereocenters. The quantitative estimate of drug-likeness (QED) is 0.887. The summed E-state index contributed by atoms with van der Waals surface area (Å²) >= 11 is 0. The third-order valence-corrected chi connectivity index (χ3v) is 4.06. The normalized spacial score (nSPS) is 22.8. The zero-order valence-corrected chi connectivity index (χ0v) is 11.5. The highest BCUT2D eigenvalue weighted by atomic mass is 19.1. The van der Waals surface area contributed by atoms with E-state index in [1.807, 2.05) is 12.1 Å². The van der Waals surface area contributed by atoms with Gasteiger partial charge in [0.1, 0.15) is 5.82 Å². The maximum Gasteiger partial charge on any atom is 0.123 e. The predicted octanol–water partition coefficient (Wildman–Crippen LogP) is 3.04. The van der Waals surface area contributed by atoms with Crippen LogP contribution in [0.15, 0.2) is 24.3 Å². The molecule has 1 saturated heterocycles. The molecule has 1 aliphatic heterocycles. The first-order chi connectivity index (χ1) is 8.49. The average molecular weight is 250 g/mol. The van der Waals surface area contributed by atoms with E-state index in [1.54, 1.807) is 0 Å². The van der Waals surface area contributed by atoms with E-state index in [4.69, 9.17) is 0 Å². The fourth-order valence-electron chi connectivity index (χ4n) is 2.66. The molecule has 1 fully saturated rings. The van der Waals surface area contributed by atoms with E-state index >= 15 is 0 Å². The van der Waals surface area contributed by atoms with Gasteiger partial charge in [-0.25, -0.2) is 4.39 Å². The van der Waals surface area contributed by atoms with Crippen LogP contribution < -0.4 is 10.2 Å². The highest BCUT2D eigenvalue weighted by Gasteiger charge is 2.32. The molecule has 1 N–H and O–H groups in total. The van der Waals surface area contributed by atoms with Crippen molar-refractivity contribution in [1.29, 1.82) is 0 Å². The zero-order chi connectivity index (χ0) is 13.2. The molecule has 0 bridgehead atoms. The van der Waals surface area contributed by atoms with Gasteiger partial charge in [-0.1, -0.05) is 13.8 Å². The van der Waals surface area contributed by atoms with E-state index in [2.05, 4.69) is 31.1 Å². The highest BCUT2D eigenvalue weighted by molar-refractivity contribution is 5.45. The highest BCUT2D eigenvalue weighted by Crippen LogP contribution is 2.31. The molecule has 1 heterocycles. The summed E-state index contributed by atoms with van der Waals surface area (Å²) in [6.07, 6.45) is 2.52. The van der Waals surface area contributed by atoms with E-state index in [0.717, 1.165) is 18.8 Å². The molecule has 0 aromatic heterocycles. The van der Waals surface area contributed by atoms with Crippen molar-refractivity contribution in [2.24, 2.45) is 5.41 Å². The van der Waals surface area contributed by atoms with Gasteiger partial charge in [0.05, 0.1) is 0 Å². The lowest BCUT2D eigenvalue weighted by atomic mass is 9.77. The van der Waals surface area contributed by atoms with Crippen LogP contribution >= 0.6 is 0 Å². The van der Waals surface area contributed by atoms with Crippen LogP contribution in [0.1, 0.15) is 26.7 Å². The number of anilines is 1. The third-order valence-electron chi connectivity index (χ3n) is 4.06. The SMILES string of the molecule is CN(CC1NCCCC1(C)C)c1ccc(F)cc1. The molecule has 0 saturated carbocycles. The van der Waals surface area contributed by atoms with E-state index in [-0.39, 0.29) is 5.82 Å². The molecule has 1 aliphatic rings.